The predicted molar refractivity (Wildman–Crippen MR) is 113 cm³/mol. The Morgan fingerprint density at radius 1 is 0.967 bits per heavy atom. The van der Waals surface area contributed by atoms with Crippen LogP contribution in [-0.2, 0) is 19.1 Å². The van der Waals surface area contributed by atoms with E-state index in [0.29, 0.717) is 29.1 Å². The lowest BCUT2D eigenvalue weighted by molar-refractivity contribution is -0.137. The number of esters is 2. The Labute approximate surface area is 177 Å². The van der Waals surface area contributed by atoms with E-state index < -0.39 is 17.9 Å². The van der Waals surface area contributed by atoms with Crippen molar-refractivity contribution in [2.45, 2.75) is 32.6 Å². The van der Waals surface area contributed by atoms with Gasteiger partial charge in [0.05, 0.1) is 31.3 Å². The summed E-state index contributed by atoms with van der Waals surface area (Å²) in [6.07, 6.45) is 2.52. The zero-order valence-corrected chi connectivity index (χ0v) is 18.1. The van der Waals surface area contributed by atoms with Crippen LogP contribution in [0.1, 0.15) is 38.2 Å². The van der Waals surface area contributed by atoms with Crippen LogP contribution in [0.2, 0.25) is 0 Å². The standard InChI is InChI=1S/C23H30N2O5/c1-15-19(22(26)28-3)21(20(16(2)24-15)23(27)29-4)17-7-9-18(10-8-17)30-14-13-25-11-5-6-12-25/h7-10,21,24H,5-6,11-14H2,1-4H3. The van der Waals surface area contributed by atoms with Crippen molar-refractivity contribution in [2.75, 3.05) is 40.5 Å². The summed E-state index contributed by atoms with van der Waals surface area (Å²) >= 11 is 0. The molecular weight excluding hydrogens is 384 g/mol. The fraction of sp³-hybridized carbons (Fsp3) is 0.478. The van der Waals surface area contributed by atoms with Crippen LogP contribution < -0.4 is 10.1 Å². The number of carbonyl (C=O) groups excluding carboxylic acids is 2. The maximum absolute atomic E-state index is 12.5. The number of likely N-dealkylation sites (tertiary alicyclic amines) is 1. The molecule has 2 aliphatic rings. The Morgan fingerprint density at radius 2 is 1.50 bits per heavy atom. The van der Waals surface area contributed by atoms with Crippen molar-refractivity contribution in [3.63, 3.8) is 0 Å². The fourth-order valence-electron chi connectivity index (χ4n) is 4.14. The van der Waals surface area contributed by atoms with E-state index in [1.165, 1.54) is 27.1 Å². The van der Waals surface area contributed by atoms with Gasteiger partial charge in [-0.05, 0) is 57.5 Å². The summed E-state index contributed by atoms with van der Waals surface area (Å²) in [5.74, 6) is -0.785. The molecule has 1 saturated heterocycles. The van der Waals surface area contributed by atoms with Crippen molar-refractivity contribution in [1.29, 1.82) is 0 Å². The molecule has 1 aromatic carbocycles. The van der Waals surface area contributed by atoms with Crippen molar-refractivity contribution < 1.29 is 23.8 Å². The first-order valence-corrected chi connectivity index (χ1v) is 10.3. The number of hydrogen-bond donors (Lipinski definition) is 1. The van der Waals surface area contributed by atoms with Gasteiger partial charge in [0.25, 0.3) is 0 Å². The molecule has 2 aliphatic heterocycles. The van der Waals surface area contributed by atoms with Crippen molar-refractivity contribution >= 4 is 11.9 Å². The Kier molecular flexibility index (Phi) is 7.15. The van der Waals surface area contributed by atoms with E-state index in [4.69, 9.17) is 14.2 Å². The average molecular weight is 415 g/mol. The zero-order valence-electron chi connectivity index (χ0n) is 18.1. The van der Waals surface area contributed by atoms with Crippen molar-refractivity contribution in [3.8, 4) is 5.75 Å². The molecule has 0 aliphatic carbocycles. The van der Waals surface area contributed by atoms with Gasteiger partial charge in [-0.2, -0.15) is 0 Å². The maximum Gasteiger partial charge on any atom is 0.336 e. The third-order valence-corrected chi connectivity index (χ3v) is 5.66. The topological polar surface area (TPSA) is 77.1 Å². The van der Waals surface area contributed by atoms with Crippen molar-refractivity contribution in [2.24, 2.45) is 0 Å². The number of methoxy groups -OCH3 is 2. The first kappa shape index (κ1) is 21.9. The molecule has 0 saturated carbocycles. The van der Waals surface area contributed by atoms with E-state index in [0.717, 1.165) is 30.9 Å². The Hall–Kier alpha value is -2.80. The number of allylic oxidation sites excluding steroid dienone is 2. The molecule has 0 atom stereocenters. The molecule has 1 N–H and O–H groups in total. The highest BCUT2D eigenvalue weighted by atomic mass is 16.5. The van der Waals surface area contributed by atoms with Gasteiger partial charge in [-0.25, -0.2) is 9.59 Å². The van der Waals surface area contributed by atoms with Gasteiger partial charge in [0.15, 0.2) is 0 Å². The van der Waals surface area contributed by atoms with Crippen LogP contribution in [-0.4, -0.2) is 57.3 Å². The maximum atomic E-state index is 12.5. The highest BCUT2D eigenvalue weighted by Gasteiger charge is 2.37. The number of ether oxygens (including phenoxy) is 3. The number of dihydropyridines is 1. The molecule has 2 heterocycles. The van der Waals surface area contributed by atoms with Crippen molar-refractivity contribution in [1.82, 2.24) is 10.2 Å². The van der Waals surface area contributed by atoms with Gasteiger partial charge >= 0.3 is 11.9 Å². The molecule has 3 rings (SSSR count). The fourth-order valence-corrected chi connectivity index (χ4v) is 4.14. The van der Waals surface area contributed by atoms with Gasteiger partial charge < -0.3 is 19.5 Å². The monoisotopic (exact) mass is 414 g/mol. The highest BCUT2D eigenvalue weighted by molar-refractivity contribution is 5.99. The van der Waals surface area contributed by atoms with E-state index in [1.807, 2.05) is 24.3 Å². The van der Waals surface area contributed by atoms with Crippen LogP contribution in [0.3, 0.4) is 0 Å². The van der Waals surface area contributed by atoms with Gasteiger partial charge in [-0.1, -0.05) is 12.1 Å². The lowest BCUT2D eigenvalue weighted by Crippen LogP contribution is -2.32. The second kappa shape index (κ2) is 9.80. The lowest BCUT2D eigenvalue weighted by atomic mass is 9.80. The van der Waals surface area contributed by atoms with Crippen LogP contribution in [0.15, 0.2) is 46.8 Å². The van der Waals surface area contributed by atoms with Gasteiger partial charge in [0, 0.05) is 17.9 Å². The largest absolute Gasteiger partial charge is 0.492 e. The molecule has 0 unspecified atom stereocenters. The minimum absolute atomic E-state index is 0.395. The molecule has 0 amide bonds. The summed E-state index contributed by atoms with van der Waals surface area (Å²) in [5, 5.41) is 3.10. The molecule has 1 aromatic rings. The number of rotatable bonds is 7. The summed E-state index contributed by atoms with van der Waals surface area (Å²) in [6.45, 7) is 7.42. The summed E-state index contributed by atoms with van der Waals surface area (Å²) < 4.78 is 15.9. The number of benzene rings is 1. The molecule has 0 spiro atoms. The predicted octanol–water partition coefficient (Wildman–Crippen LogP) is 2.74. The molecule has 7 heteroatoms. The quantitative estimate of drug-likeness (QED) is 0.688. The average Bonchev–Trinajstić information content (AvgIpc) is 3.26. The SMILES string of the molecule is COC(=O)C1=C(C)NC(C)=C(C(=O)OC)C1c1ccc(OCCN2CCCC2)cc1. The number of hydrogen-bond acceptors (Lipinski definition) is 7. The Bertz CT molecular complexity index is 813. The molecule has 1 fully saturated rings. The third kappa shape index (κ3) is 4.67. The second-order valence-corrected chi connectivity index (χ2v) is 7.58. The van der Waals surface area contributed by atoms with E-state index in [9.17, 15) is 9.59 Å². The summed E-state index contributed by atoms with van der Waals surface area (Å²) in [6, 6.07) is 7.51. The lowest BCUT2D eigenvalue weighted by Gasteiger charge is -2.30. The van der Waals surface area contributed by atoms with Crippen LogP contribution in [0, 0.1) is 0 Å². The number of carbonyl (C=O) groups is 2. The van der Waals surface area contributed by atoms with Crippen molar-refractivity contribution in [3.05, 3.63) is 52.4 Å². The van der Waals surface area contributed by atoms with Crippen LogP contribution >= 0.6 is 0 Å². The van der Waals surface area contributed by atoms with E-state index in [2.05, 4.69) is 10.2 Å². The second-order valence-electron chi connectivity index (χ2n) is 7.58. The molecule has 0 aromatic heterocycles. The first-order valence-electron chi connectivity index (χ1n) is 10.3. The molecule has 0 radical (unpaired) electrons. The highest BCUT2D eigenvalue weighted by Crippen LogP contribution is 2.39. The van der Waals surface area contributed by atoms with E-state index >= 15 is 0 Å². The summed E-state index contributed by atoms with van der Waals surface area (Å²) in [4.78, 5) is 27.5. The first-order chi connectivity index (χ1) is 14.5. The van der Waals surface area contributed by atoms with Gasteiger partial charge in [0.1, 0.15) is 12.4 Å². The van der Waals surface area contributed by atoms with Gasteiger partial charge in [0.2, 0.25) is 0 Å². The van der Waals surface area contributed by atoms with E-state index in [-0.39, 0.29) is 0 Å². The number of nitrogens with one attached hydrogen (secondary N) is 1. The molecule has 162 valence electrons. The minimum atomic E-state index is -0.579. The summed E-state index contributed by atoms with van der Waals surface area (Å²) in [5.41, 5.74) is 2.89. The molecular formula is C23H30N2O5. The minimum Gasteiger partial charge on any atom is -0.492 e. The Balaban J connectivity index is 1.83. The van der Waals surface area contributed by atoms with E-state index in [1.54, 1.807) is 13.8 Å². The van der Waals surface area contributed by atoms with Gasteiger partial charge in [-0.3, -0.25) is 4.90 Å². The van der Waals surface area contributed by atoms with Crippen LogP contribution in [0.5, 0.6) is 5.75 Å². The molecule has 7 nitrogen and oxygen atoms in total. The molecule has 30 heavy (non-hydrogen) atoms. The summed E-state index contributed by atoms with van der Waals surface area (Å²) in [7, 11) is 2.67. The smallest absolute Gasteiger partial charge is 0.336 e. The van der Waals surface area contributed by atoms with Crippen LogP contribution in [0.25, 0.3) is 0 Å². The third-order valence-electron chi connectivity index (χ3n) is 5.66. The van der Waals surface area contributed by atoms with Gasteiger partial charge in [-0.15, -0.1) is 0 Å². The zero-order chi connectivity index (χ0) is 21.7. The van der Waals surface area contributed by atoms with Crippen LogP contribution in [0.4, 0.5) is 0 Å². The number of nitrogens with zero attached hydrogens (tertiary/aromatic N) is 1. The molecule has 0 bridgehead atoms. The normalized spacial score (nSPS) is 17.7. The Morgan fingerprint density at radius 3 is 2.00 bits per heavy atom.